The van der Waals surface area contributed by atoms with Gasteiger partial charge in [0.15, 0.2) is 0 Å². The molecule has 19 heavy (non-hydrogen) atoms. The molecule has 2 rings (SSSR count). The summed E-state index contributed by atoms with van der Waals surface area (Å²) in [6.45, 7) is 3.55. The Hall–Kier alpha value is -2.66. The van der Waals surface area contributed by atoms with Crippen molar-refractivity contribution in [3.05, 3.63) is 72.5 Å². The van der Waals surface area contributed by atoms with Gasteiger partial charge in [-0.1, -0.05) is 30.6 Å². The highest BCUT2D eigenvalue weighted by molar-refractivity contribution is 5.50. The Morgan fingerprint density at radius 2 is 1.74 bits per heavy atom. The van der Waals surface area contributed by atoms with Crippen molar-refractivity contribution in [3.63, 3.8) is 0 Å². The molecule has 0 heterocycles. The summed E-state index contributed by atoms with van der Waals surface area (Å²) in [5.41, 5.74) is 1.76. The van der Waals surface area contributed by atoms with Crippen LogP contribution in [0, 0.1) is 11.8 Å². The molecule has 2 nitrogen and oxygen atoms in total. The van der Waals surface area contributed by atoms with Crippen LogP contribution in [0.25, 0.3) is 0 Å². The molecule has 0 radical (unpaired) electrons. The molecule has 0 atom stereocenters. The van der Waals surface area contributed by atoms with Crippen molar-refractivity contribution in [2.45, 2.75) is 0 Å². The van der Waals surface area contributed by atoms with Crippen LogP contribution in [0.4, 0.5) is 0 Å². The topological polar surface area (TPSA) is 18.5 Å². The summed E-state index contributed by atoms with van der Waals surface area (Å²) in [6, 6.07) is 15.2. The second kappa shape index (κ2) is 6.32. The van der Waals surface area contributed by atoms with Gasteiger partial charge in [-0.3, -0.25) is 0 Å². The highest BCUT2D eigenvalue weighted by Gasteiger charge is 1.97. The van der Waals surface area contributed by atoms with Gasteiger partial charge in [-0.2, -0.15) is 0 Å². The van der Waals surface area contributed by atoms with Gasteiger partial charge in [0.1, 0.15) is 11.5 Å². The zero-order valence-corrected chi connectivity index (χ0v) is 10.7. The standard InChI is InChI=1S/C17H14O2/c1-3-19-17-7-5-4-6-15(17)11-8-14-9-12-16(18-2)13-10-14/h3-7,9-10,12-13H,1H2,2H3. The van der Waals surface area contributed by atoms with Gasteiger partial charge in [-0.25, -0.2) is 0 Å². The number of para-hydroxylation sites is 1. The van der Waals surface area contributed by atoms with E-state index in [0.29, 0.717) is 5.75 Å². The van der Waals surface area contributed by atoms with E-state index in [1.165, 1.54) is 6.26 Å². The second-order valence-electron chi connectivity index (χ2n) is 3.76. The van der Waals surface area contributed by atoms with Crippen LogP contribution in [0.2, 0.25) is 0 Å². The monoisotopic (exact) mass is 250 g/mol. The minimum atomic E-state index is 0.707. The van der Waals surface area contributed by atoms with Crippen molar-refractivity contribution in [1.29, 1.82) is 0 Å². The van der Waals surface area contributed by atoms with E-state index in [1.807, 2.05) is 48.5 Å². The predicted molar refractivity (Wildman–Crippen MR) is 76.2 cm³/mol. The van der Waals surface area contributed by atoms with E-state index >= 15 is 0 Å². The van der Waals surface area contributed by atoms with E-state index in [-0.39, 0.29) is 0 Å². The fraction of sp³-hybridized carbons (Fsp3) is 0.0588. The molecular formula is C17H14O2. The third-order valence-corrected chi connectivity index (χ3v) is 2.53. The molecule has 0 N–H and O–H groups in total. The molecule has 2 aromatic rings. The number of methoxy groups -OCH3 is 1. The van der Waals surface area contributed by atoms with Crippen LogP contribution in [0.3, 0.4) is 0 Å². The number of rotatable bonds is 3. The van der Waals surface area contributed by atoms with Gasteiger partial charge in [0, 0.05) is 5.56 Å². The summed E-state index contributed by atoms with van der Waals surface area (Å²) in [4.78, 5) is 0. The number of hydrogen-bond acceptors (Lipinski definition) is 2. The van der Waals surface area contributed by atoms with Gasteiger partial charge >= 0.3 is 0 Å². The summed E-state index contributed by atoms with van der Waals surface area (Å²) in [5, 5.41) is 0. The smallest absolute Gasteiger partial charge is 0.142 e. The molecule has 0 saturated carbocycles. The average molecular weight is 250 g/mol. The maximum absolute atomic E-state index is 5.30. The summed E-state index contributed by atoms with van der Waals surface area (Å²) in [6.07, 6.45) is 1.40. The quantitative estimate of drug-likeness (QED) is 0.612. The molecule has 0 fully saturated rings. The van der Waals surface area contributed by atoms with Gasteiger partial charge in [0.05, 0.1) is 18.9 Å². The highest BCUT2D eigenvalue weighted by atomic mass is 16.5. The summed E-state index contributed by atoms with van der Waals surface area (Å²) < 4.78 is 10.4. The van der Waals surface area contributed by atoms with Gasteiger partial charge in [0.25, 0.3) is 0 Å². The SMILES string of the molecule is C=COc1ccccc1C#Cc1ccc(OC)cc1. The van der Waals surface area contributed by atoms with Gasteiger partial charge in [-0.05, 0) is 36.4 Å². The normalized spacial score (nSPS) is 9.11. The molecule has 2 aromatic carbocycles. The van der Waals surface area contributed by atoms with Crippen LogP contribution in [-0.2, 0) is 0 Å². The lowest BCUT2D eigenvalue weighted by atomic mass is 10.1. The lowest BCUT2D eigenvalue weighted by Crippen LogP contribution is -1.86. The van der Waals surface area contributed by atoms with Crippen molar-refractivity contribution >= 4 is 0 Å². The van der Waals surface area contributed by atoms with E-state index < -0.39 is 0 Å². The van der Waals surface area contributed by atoms with E-state index in [4.69, 9.17) is 9.47 Å². The van der Waals surface area contributed by atoms with Crippen LogP contribution < -0.4 is 9.47 Å². The molecule has 2 heteroatoms. The molecule has 0 aromatic heterocycles. The van der Waals surface area contributed by atoms with Crippen molar-refractivity contribution in [1.82, 2.24) is 0 Å². The first kappa shape index (κ1) is 12.8. The van der Waals surface area contributed by atoms with Crippen LogP contribution in [0.15, 0.2) is 61.4 Å². The zero-order valence-electron chi connectivity index (χ0n) is 10.7. The largest absolute Gasteiger partial charge is 0.497 e. The molecule has 0 amide bonds. The molecule has 0 aliphatic heterocycles. The number of ether oxygens (including phenoxy) is 2. The lowest BCUT2D eigenvalue weighted by molar-refractivity contribution is 0.415. The fourth-order valence-corrected chi connectivity index (χ4v) is 1.58. The van der Waals surface area contributed by atoms with E-state index in [1.54, 1.807) is 7.11 Å². The highest BCUT2D eigenvalue weighted by Crippen LogP contribution is 2.17. The van der Waals surface area contributed by atoms with Crippen molar-refractivity contribution in [2.75, 3.05) is 7.11 Å². The maximum atomic E-state index is 5.30. The second-order valence-corrected chi connectivity index (χ2v) is 3.76. The Morgan fingerprint density at radius 1 is 1.00 bits per heavy atom. The van der Waals surface area contributed by atoms with E-state index in [2.05, 4.69) is 18.4 Å². The molecular weight excluding hydrogens is 236 g/mol. The predicted octanol–water partition coefficient (Wildman–Crippen LogP) is 3.62. The van der Waals surface area contributed by atoms with Crippen LogP contribution in [-0.4, -0.2) is 7.11 Å². The van der Waals surface area contributed by atoms with Crippen molar-refractivity contribution in [2.24, 2.45) is 0 Å². The van der Waals surface area contributed by atoms with Crippen molar-refractivity contribution < 1.29 is 9.47 Å². The maximum Gasteiger partial charge on any atom is 0.142 e. The molecule has 0 unspecified atom stereocenters. The first-order valence-corrected chi connectivity index (χ1v) is 5.86. The van der Waals surface area contributed by atoms with Gasteiger partial charge in [-0.15, -0.1) is 0 Å². The minimum Gasteiger partial charge on any atom is -0.497 e. The van der Waals surface area contributed by atoms with Crippen LogP contribution in [0.5, 0.6) is 11.5 Å². The summed E-state index contributed by atoms with van der Waals surface area (Å²) in [5.74, 6) is 7.71. The summed E-state index contributed by atoms with van der Waals surface area (Å²) in [7, 11) is 1.64. The third kappa shape index (κ3) is 3.40. The fourth-order valence-electron chi connectivity index (χ4n) is 1.58. The Balaban J connectivity index is 2.25. The number of hydrogen-bond donors (Lipinski definition) is 0. The van der Waals surface area contributed by atoms with E-state index in [0.717, 1.165) is 16.9 Å². The Bertz CT molecular complexity index is 616. The molecule has 0 aliphatic carbocycles. The molecule has 0 spiro atoms. The molecule has 0 saturated heterocycles. The van der Waals surface area contributed by atoms with E-state index in [9.17, 15) is 0 Å². The number of benzene rings is 2. The Morgan fingerprint density at radius 3 is 2.42 bits per heavy atom. The Kier molecular flexibility index (Phi) is 4.25. The van der Waals surface area contributed by atoms with Gasteiger partial charge in [0.2, 0.25) is 0 Å². The van der Waals surface area contributed by atoms with Crippen LogP contribution in [0.1, 0.15) is 11.1 Å². The minimum absolute atomic E-state index is 0.707. The molecule has 94 valence electrons. The third-order valence-electron chi connectivity index (χ3n) is 2.53. The van der Waals surface area contributed by atoms with Crippen LogP contribution >= 0.6 is 0 Å². The summed E-state index contributed by atoms with van der Waals surface area (Å²) >= 11 is 0. The lowest BCUT2D eigenvalue weighted by Gasteiger charge is -2.01. The first-order valence-electron chi connectivity index (χ1n) is 5.86. The van der Waals surface area contributed by atoms with Gasteiger partial charge < -0.3 is 9.47 Å². The molecule has 0 bridgehead atoms. The van der Waals surface area contributed by atoms with Crippen molar-refractivity contribution in [3.8, 4) is 23.3 Å². The molecule has 0 aliphatic rings. The zero-order chi connectivity index (χ0) is 13.5. The Labute approximate surface area is 113 Å². The first-order chi connectivity index (χ1) is 9.33. The average Bonchev–Trinajstić information content (AvgIpc) is 2.47.